The van der Waals surface area contributed by atoms with Crippen LogP contribution in [0.3, 0.4) is 0 Å². The lowest BCUT2D eigenvalue weighted by Crippen LogP contribution is -2.49. The molecule has 1 aromatic carbocycles. The average molecular weight is 556 g/mol. The summed E-state index contributed by atoms with van der Waals surface area (Å²) < 4.78 is 0. The smallest absolute Gasteiger partial charge is 0.274 e. The maximum atomic E-state index is 13.9. The van der Waals surface area contributed by atoms with Gasteiger partial charge in [0.25, 0.3) is 17.8 Å². The molecule has 1 spiro atoms. The van der Waals surface area contributed by atoms with E-state index in [2.05, 4.69) is 46.7 Å². The van der Waals surface area contributed by atoms with Crippen molar-refractivity contribution in [2.75, 3.05) is 5.32 Å². The van der Waals surface area contributed by atoms with Gasteiger partial charge in [-0.1, -0.05) is 55.7 Å². The van der Waals surface area contributed by atoms with Crippen LogP contribution in [0.25, 0.3) is 0 Å². The number of halogens is 2. The quantitative estimate of drug-likeness (QED) is 0.490. The number of hydrogen-bond acceptors (Lipinski definition) is 6. The highest BCUT2D eigenvalue weighted by atomic mass is 35.5. The summed E-state index contributed by atoms with van der Waals surface area (Å²) in [5.74, 6) is 0.207. The van der Waals surface area contributed by atoms with Crippen molar-refractivity contribution in [3.05, 3.63) is 58.1 Å². The molecule has 11 heteroatoms. The van der Waals surface area contributed by atoms with Gasteiger partial charge in [0.1, 0.15) is 11.4 Å². The summed E-state index contributed by atoms with van der Waals surface area (Å²) in [6.45, 7) is 7.21. The van der Waals surface area contributed by atoms with Gasteiger partial charge in [-0.2, -0.15) is 5.21 Å². The number of rotatable bonds is 5. The van der Waals surface area contributed by atoms with Gasteiger partial charge in [0.05, 0.1) is 5.38 Å². The molecule has 1 fully saturated rings. The van der Waals surface area contributed by atoms with Gasteiger partial charge in [0.2, 0.25) is 0 Å². The first-order valence-corrected chi connectivity index (χ1v) is 13.6. The minimum absolute atomic E-state index is 0.101. The predicted molar refractivity (Wildman–Crippen MR) is 147 cm³/mol. The number of carbonyl (C=O) groups is 2. The Bertz CT molecular complexity index is 1300. The molecule has 0 bridgehead atoms. The second-order valence-electron chi connectivity index (χ2n) is 11.3. The fourth-order valence-electron chi connectivity index (χ4n) is 5.56. The molecule has 0 saturated heterocycles. The van der Waals surface area contributed by atoms with Crippen LogP contribution in [0.4, 0.5) is 5.95 Å². The molecular formula is C27H31Cl2N7O2. The van der Waals surface area contributed by atoms with Crippen LogP contribution in [-0.4, -0.2) is 54.1 Å². The topological polar surface area (TPSA) is 116 Å². The highest BCUT2D eigenvalue weighted by molar-refractivity contribution is 6.48. The van der Waals surface area contributed by atoms with E-state index in [1.54, 1.807) is 12.1 Å². The molecule has 2 aromatic rings. The number of aliphatic imine (C=N–C) groups is 1. The van der Waals surface area contributed by atoms with Gasteiger partial charge in [0.15, 0.2) is 0 Å². The normalized spacial score (nSPS) is 25.8. The number of allylic oxidation sites excluding steroid dienone is 3. The lowest BCUT2D eigenvalue weighted by Gasteiger charge is -2.44. The largest absolute Gasteiger partial charge is 0.308 e. The third-order valence-electron chi connectivity index (χ3n) is 7.74. The van der Waals surface area contributed by atoms with Crippen LogP contribution in [0.1, 0.15) is 68.8 Å². The highest BCUT2D eigenvalue weighted by Crippen LogP contribution is 2.47. The fourth-order valence-corrected chi connectivity index (χ4v) is 6.23. The zero-order valence-electron chi connectivity index (χ0n) is 21.7. The SMILES string of the molecule is CC(C)(C)C1CCC2(CC1)N=C(C1=CC(Cl)CC(Cl)=C1)C(=O)N2Cc1ccc(C(=O)Nc2nn[nH]n2)cc1. The number of anilines is 1. The number of amides is 2. The number of nitrogens with zero attached hydrogens (tertiary/aromatic N) is 5. The van der Waals surface area contributed by atoms with Crippen molar-refractivity contribution in [2.24, 2.45) is 16.3 Å². The van der Waals surface area contributed by atoms with E-state index in [9.17, 15) is 9.59 Å². The molecule has 2 amide bonds. The van der Waals surface area contributed by atoms with E-state index in [1.165, 1.54) is 0 Å². The number of benzene rings is 1. The van der Waals surface area contributed by atoms with E-state index < -0.39 is 5.66 Å². The van der Waals surface area contributed by atoms with E-state index in [-0.39, 0.29) is 28.6 Å². The highest BCUT2D eigenvalue weighted by Gasteiger charge is 2.50. The van der Waals surface area contributed by atoms with Crippen LogP contribution < -0.4 is 5.32 Å². The van der Waals surface area contributed by atoms with E-state index in [4.69, 9.17) is 28.2 Å². The van der Waals surface area contributed by atoms with Crippen LogP contribution in [0.15, 0.2) is 52.0 Å². The molecule has 1 atom stereocenters. The Morgan fingerprint density at radius 2 is 1.92 bits per heavy atom. The molecule has 2 heterocycles. The van der Waals surface area contributed by atoms with Crippen molar-refractivity contribution in [1.82, 2.24) is 25.5 Å². The second kappa shape index (κ2) is 10.3. The van der Waals surface area contributed by atoms with E-state index in [0.29, 0.717) is 40.8 Å². The van der Waals surface area contributed by atoms with E-state index >= 15 is 0 Å². The first-order chi connectivity index (χ1) is 18.0. The maximum absolute atomic E-state index is 13.9. The molecule has 5 rings (SSSR count). The van der Waals surface area contributed by atoms with Gasteiger partial charge >= 0.3 is 0 Å². The third kappa shape index (κ3) is 5.40. The van der Waals surface area contributed by atoms with Crippen LogP contribution in [-0.2, 0) is 11.3 Å². The van der Waals surface area contributed by atoms with Crippen molar-refractivity contribution < 1.29 is 9.59 Å². The maximum Gasteiger partial charge on any atom is 0.274 e. The molecule has 1 aliphatic heterocycles. The Morgan fingerprint density at radius 3 is 2.53 bits per heavy atom. The molecule has 1 saturated carbocycles. The summed E-state index contributed by atoms with van der Waals surface area (Å²) in [6.07, 6.45) is 7.81. The van der Waals surface area contributed by atoms with Gasteiger partial charge < -0.3 is 4.90 Å². The third-order valence-corrected chi connectivity index (χ3v) is 8.29. The summed E-state index contributed by atoms with van der Waals surface area (Å²) in [7, 11) is 0. The Morgan fingerprint density at radius 1 is 1.21 bits per heavy atom. The molecular weight excluding hydrogens is 525 g/mol. The number of H-pyrrole nitrogens is 1. The van der Waals surface area contributed by atoms with Crippen molar-refractivity contribution >= 4 is 46.7 Å². The Kier molecular flexibility index (Phi) is 7.17. The zero-order chi connectivity index (χ0) is 27.1. The fraction of sp³-hybridized carbons (Fsp3) is 0.481. The number of hydrogen-bond donors (Lipinski definition) is 2. The molecule has 3 aliphatic rings. The van der Waals surface area contributed by atoms with Crippen molar-refractivity contribution in [2.45, 2.75) is 70.5 Å². The lowest BCUT2D eigenvalue weighted by atomic mass is 9.69. The molecule has 1 unspecified atom stereocenters. The Labute approximate surface area is 231 Å². The molecule has 200 valence electrons. The molecule has 2 aliphatic carbocycles. The van der Waals surface area contributed by atoms with Crippen molar-refractivity contribution in [3.63, 3.8) is 0 Å². The summed E-state index contributed by atoms with van der Waals surface area (Å²) in [4.78, 5) is 33.4. The van der Waals surface area contributed by atoms with Crippen LogP contribution in [0.2, 0.25) is 0 Å². The lowest BCUT2D eigenvalue weighted by molar-refractivity contribution is -0.130. The van der Waals surface area contributed by atoms with Gasteiger partial charge in [-0.15, -0.1) is 16.7 Å². The minimum Gasteiger partial charge on any atom is -0.308 e. The molecule has 2 N–H and O–H groups in total. The Hall–Kier alpha value is -3.04. The monoisotopic (exact) mass is 555 g/mol. The van der Waals surface area contributed by atoms with Gasteiger partial charge in [-0.3, -0.25) is 19.9 Å². The summed E-state index contributed by atoms with van der Waals surface area (Å²) in [5, 5.41) is 16.1. The number of aromatic amines is 1. The Balaban J connectivity index is 1.39. The molecule has 38 heavy (non-hydrogen) atoms. The van der Waals surface area contributed by atoms with Crippen LogP contribution in [0.5, 0.6) is 0 Å². The van der Waals surface area contributed by atoms with E-state index in [1.807, 2.05) is 29.2 Å². The first-order valence-electron chi connectivity index (χ1n) is 12.8. The molecule has 9 nitrogen and oxygen atoms in total. The van der Waals surface area contributed by atoms with Crippen molar-refractivity contribution in [3.8, 4) is 0 Å². The van der Waals surface area contributed by atoms with Crippen molar-refractivity contribution in [1.29, 1.82) is 0 Å². The number of carbonyl (C=O) groups excluding carboxylic acids is 2. The van der Waals surface area contributed by atoms with Gasteiger partial charge in [-0.25, -0.2) is 0 Å². The van der Waals surface area contributed by atoms with Crippen LogP contribution >= 0.6 is 23.2 Å². The average Bonchev–Trinajstić information content (AvgIpc) is 3.46. The summed E-state index contributed by atoms with van der Waals surface area (Å²) in [6, 6.07) is 7.16. The number of tetrazole rings is 1. The standard InChI is InChI=1S/C27H31Cl2N7O2/c1-26(2,3)19-8-10-27(11-9-19)31-22(18-12-20(28)14-21(29)13-18)24(38)36(27)15-16-4-6-17(7-5-16)23(37)30-25-32-34-35-33-25/h4-7,12-13,19-20H,8-11,14-15H2,1-3H3,(H2,30,32,33,34,35,37). The van der Waals surface area contributed by atoms with E-state index in [0.717, 1.165) is 31.2 Å². The van der Waals surface area contributed by atoms with Gasteiger partial charge in [0, 0.05) is 29.1 Å². The first kappa shape index (κ1) is 26.6. The number of aromatic nitrogens is 4. The summed E-state index contributed by atoms with van der Waals surface area (Å²) >= 11 is 12.7. The van der Waals surface area contributed by atoms with Gasteiger partial charge in [-0.05, 0) is 66.0 Å². The zero-order valence-corrected chi connectivity index (χ0v) is 23.2. The van der Waals surface area contributed by atoms with Crippen LogP contribution in [0, 0.1) is 11.3 Å². The number of alkyl halides is 1. The predicted octanol–water partition coefficient (Wildman–Crippen LogP) is 5.23. The minimum atomic E-state index is -0.608. The summed E-state index contributed by atoms with van der Waals surface area (Å²) in [5.41, 5.74) is 2.07. The second-order valence-corrected chi connectivity index (χ2v) is 12.3. The molecule has 1 aromatic heterocycles. The molecule has 0 radical (unpaired) electrons. The number of nitrogens with one attached hydrogen (secondary N) is 2.